The molecule has 4 nitrogen and oxygen atoms in total. The molecule has 2 rings (SSSR count). The first kappa shape index (κ1) is 13.1. The maximum absolute atomic E-state index is 12.1. The van der Waals surface area contributed by atoms with Crippen LogP contribution in [-0.4, -0.2) is 23.0 Å². The van der Waals surface area contributed by atoms with Crippen LogP contribution in [0.15, 0.2) is 10.8 Å². The van der Waals surface area contributed by atoms with Gasteiger partial charge >= 0.3 is 5.97 Å². The molecule has 1 heterocycles. The molecule has 0 radical (unpaired) electrons. The summed E-state index contributed by atoms with van der Waals surface area (Å²) in [5.74, 6) is -1.39. The standard InChI is InChI=1S/C13H17NO3S/c1-8-6-18-7-10(8)12(15)14-11-5-3-2-4-9(11)13(16)17/h6-7,9,11H,2-5H2,1H3,(H,14,15)(H,16,17). The molecular weight excluding hydrogens is 250 g/mol. The Hall–Kier alpha value is -1.36. The molecule has 2 N–H and O–H groups in total. The molecule has 1 aromatic heterocycles. The van der Waals surface area contributed by atoms with Gasteiger partial charge in [0.05, 0.1) is 11.5 Å². The minimum Gasteiger partial charge on any atom is -0.481 e. The highest BCUT2D eigenvalue weighted by molar-refractivity contribution is 7.08. The lowest BCUT2D eigenvalue weighted by Crippen LogP contribution is -2.45. The maximum atomic E-state index is 12.1. The first-order chi connectivity index (χ1) is 8.59. The summed E-state index contributed by atoms with van der Waals surface area (Å²) < 4.78 is 0. The second-order valence-electron chi connectivity index (χ2n) is 4.78. The highest BCUT2D eigenvalue weighted by Crippen LogP contribution is 2.25. The third-order valence-electron chi connectivity index (χ3n) is 3.50. The lowest BCUT2D eigenvalue weighted by atomic mass is 9.84. The van der Waals surface area contributed by atoms with E-state index in [0.717, 1.165) is 24.8 Å². The average Bonchev–Trinajstić information content (AvgIpc) is 2.76. The summed E-state index contributed by atoms with van der Waals surface area (Å²) in [6.07, 6.45) is 3.33. The van der Waals surface area contributed by atoms with Crippen molar-refractivity contribution in [3.63, 3.8) is 0 Å². The fourth-order valence-corrected chi connectivity index (χ4v) is 3.27. The zero-order chi connectivity index (χ0) is 13.1. The monoisotopic (exact) mass is 267 g/mol. The molecule has 0 spiro atoms. The second kappa shape index (κ2) is 5.52. The number of thiophene rings is 1. The number of aryl methyl sites for hydroxylation is 1. The van der Waals surface area contributed by atoms with Crippen molar-refractivity contribution in [3.05, 3.63) is 21.9 Å². The number of aliphatic carboxylic acids is 1. The van der Waals surface area contributed by atoms with E-state index in [1.165, 1.54) is 11.3 Å². The Morgan fingerprint density at radius 3 is 2.67 bits per heavy atom. The van der Waals surface area contributed by atoms with E-state index in [1.807, 2.05) is 17.7 Å². The molecule has 2 atom stereocenters. The average molecular weight is 267 g/mol. The normalized spacial score (nSPS) is 23.6. The van der Waals surface area contributed by atoms with Crippen LogP contribution in [0.4, 0.5) is 0 Å². The molecule has 1 aliphatic carbocycles. The van der Waals surface area contributed by atoms with Gasteiger partial charge in [-0.3, -0.25) is 9.59 Å². The van der Waals surface area contributed by atoms with E-state index in [1.54, 1.807) is 0 Å². The SMILES string of the molecule is Cc1cscc1C(=O)NC1CCCCC1C(=O)O. The highest BCUT2D eigenvalue weighted by atomic mass is 32.1. The van der Waals surface area contributed by atoms with E-state index < -0.39 is 11.9 Å². The molecule has 1 aromatic rings. The van der Waals surface area contributed by atoms with E-state index in [-0.39, 0.29) is 11.9 Å². The van der Waals surface area contributed by atoms with Crippen LogP contribution >= 0.6 is 11.3 Å². The number of nitrogens with one attached hydrogen (secondary N) is 1. The van der Waals surface area contributed by atoms with Crippen molar-refractivity contribution in [2.45, 2.75) is 38.6 Å². The Morgan fingerprint density at radius 1 is 1.33 bits per heavy atom. The molecule has 0 bridgehead atoms. The Kier molecular flexibility index (Phi) is 4.01. The van der Waals surface area contributed by atoms with Crippen molar-refractivity contribution in [2.24, 2.45) is 5.92 Å². The third kappa shape index (κ3) is 2.72. The zero-order valence-corrected chi connectivity index (χ0v) is 11.1. The largest absolute Gasteiger partial charge is 0.481 e. The maximum Gasteiger partial charge on any atom is 0.308 e. The predicted molar refractivity (Wildman–Crippen MR) is 69.9 cm³/mol. The van der Waals surface area contributed by atoms with Gasteiger partial charge in [0, 0.05) is 11.4 Å². The number of amides is 1. The number of carboxylic acid groups (broad SMARTS) is 1. The van der Waals surface area contributed by atoms with Crippen molar-refractivity contribution in [2.75, 3.05) is 0 Å². The van der Waals surface area contributed by atoms with E-state index in [0.29, 0.717) is 12.0 Å². The Bertz CT molecular complexity index is 455. The van der Waals surface area contributed by atoms with Crippen molar-refractivity contribution in [3.8, 4) is 0 Å². The highest BCUT2D eigenvalue weighted by Gasteiger charge is 2.32. The van der Waals surface area contributed by atoms with Gasteiger partial charge in [0.2, 0.25) is 0 Å². The van der Waals surface area contributed by atoms with Crippen molar-refractivity contribution < 1.29 is 14.7 Å². The molecule has 1 saturated carbocycles. The quantitative estimate of drug-likeness (QED) is 0.884. The van der Waals surface area contributed by atoms with Crippen molar-refractivity contribution in [1.29, 1.82) is 0 Å². The molecule has 1 amide bonds. The number of hydrogen-bond donors (Lipinski definition) is 2. The summed E-state index contributed by atoms with van der Waals surface area (Å²) in [7, 11) is 0. The van der Waals surface area contributed by atoms with Gasteiger partial charge in [-0.05, 0) is 30.7 Å². The number of carboxylic acids is 1. The van der Waals surface area contributed by atoms with E-state index >= 15 is 0 Å². The number of rotatable bonds is 3. The lowest BCUT2D eigenvalue weighted by molar-refractivity contribution is -0.143. The lowest BCUT2D eigenvalue weighted by Gasteiger charge is -2.29. The summed E-state index contributed by atoms with van der Waals surface area (Å²) in [6, 6.07) is -0.233. The second-order valence-corrected chi connectivity index (χ2v) is 5.52. The van der Waals surface area contributed by atoms with Crippen LogP contribution in [0.1, 0.15) is 41.6 Å². The first-order valence-electron chi connectivity index (χ1n) is 6.16. The van der Waals surface area contributed by atoms with E-state index in [2.05, 4.69) is 5.32 Å². The predicted octanol–water partition coefficient (Wildman–Crippen LogP) is 2.43. The van der Waals surface area contributed by atoms with Crippen LogP contribution in [0, 0.1) is 12.8 Å². The Labute approximate surface area is 110 Å². The van der Waals surface area contributed by atoms with Gasteiger partial charge in [-0.1, -0.05) is 12.8 Å². The van der Waals surface area contributed by atoms with Gasteiger partial charge in [0.1, 0.15) is 0 Å². The summed E-state index contributed by atoms with van der Waals surface area (Å²) >= 11 is 1.49. The fourth-order valence-electron chi connectivity index (χ4n) is 2.44. The van der Waals surface area contributed by atoms with Crippen LogP contribution in [0.25, 0.3) is 0 Å². The van der Waals surface area contributed by atoms with E-state index in [9.17, 15) is 9.59 Å². The smallest absolute Gasteiger partial charge is 0.308 e. The minimum absolute atomic E-state index is 0.146. The van der Waals surface area contributed by atoms with Crippen molar-refractivity contribution >= 4 is 23.2 Å². The molecule has 5 heteroatoms. The Balaban J connectivity index is 2.05. The zero-order valence-electron chi connectivity index (χ0n) is 10.3. The third-order valence-corrected chi connectivity index (χ3v) is 4.36. The Morgan fingerprint density at radius 2 is 2.06 bits per heavy atom. The first-order valence-corrected chi connectivity index (χ1v) is 7.10. The molecule has 0 saturated heterocycles. The summed E-state index contributed by atoms with van der Waals surface area (Å²) in [4.78, 5) is 23.2. The molecule has 2 unspecified atom stereocenters. The van der Waals surface area contributed by atoms with Gasteiger partial charge < -0.3 is 10.4 Å². The van der Waals surface area contributed by atoms with Gasteiger partial charge in [-0.2, -0.15) is 11.3 Å². The molecule has 98 valence electrons. The number of hydrogen-bond acceptors (Lipinski definition) is 3. The van der Waals surface area contributed by atoms with Crippen LogP contribution in [0.3, 0.4) is 0 Å². The summed E-state index contributed by atoms with van der Waals surface area (Å²) in [5.41, 5.74) is 1.61. The van der Waals surface area contributed by atoms with Crippen LogP contribution in [-0.2, 0) is 4.79 Å². The molecule has 18 heavy (non-hydrogen) atoms. The van der Waals surface area contributed by atoms with Crippen LogP contribution in [0.5, 0.6) is 0 Å². The summed E-state index contributed by atoms with van der Waals surface area (Å²) in [5, 5.41) is 15.8. The van der Waals surface area contributed by atoms with Crippen LogP contribution in [0.2, 0.25) is 0 Å². The summed E-state index contributed by atoms with van der Waals surface area (Å²) in [6.45, 7) is 1.89. The minimum atomic E-state index is -0.804. The molecule has 1 aliphatic rings. The van der Waals surface area contributed by atoms with E-state index in [4.69, 9.17) is 5.11 Å². The molecule has 0 aliphatic heterocycles. The number of carbonyl (C=O) groups excluding carboxylic acids is 1. The molecular formula is C13H17NO3S. The van der Waals surface area contributed by atoms with Crippen LogP contribution < -0.4 is 5.32 Å². The topological polar surface area (TPSA) is 66.4 Å². The van der Waals surface area contributed by atoms with Gasteiger partial charge in [0.15, 0.2) is 0 Å². The van der Waals surface area contributed by atoms with Gasteiger partial charge in [-0.25, -0.2) is 0 Å². The fraction of sp³-hybridized carbons (Fsp3) is 0.538. The molecule has 0 aromatic carbocycles. The van der Waals surface area contributed by atoms with Crippen molar-refractivity contribution in [1.82, 2.24) is 5.32 Å². The van der Waals surface area contributed by atoms with Gasteiger partial charge in [-0.15, -0.1) is 0 Å². The molecule has 1 fully saturated rings. The van der Waals surface area contributed by atoms with Gasteiger partial charge in [0.25, 0.3) is 5.91 Å². The number of carbonyl (C=O) groups is 2.